The number of nitrogens with one attached hydrogen (secondary N) is 1. The van der Waals surface area contributed by atoms with Crippen LogP contribution < -0.4 is 5.32 Å². The molecule has 2 rings (SSSR count). The van der Waals surface area contributed by atoms with Crippen LogP contribution in [0.25, 0.3) is 0 Å². The molecule has 1 amide bonds. The summed E-state index contributed by atoms with van der Waals surface area (Å²) in [6, 6.07) is 7.43. The van der Waals surface area contributed by atoms with Crippen LogP contribution >= 0.6 is 11.8 Å². The fourth-order valence-electron chi connectivity index (χ4n) is 4.18. The van der Waals surface area contributed by atoms with Crippen molar-refractivity contribution in [2.24, 2.45) is 0 Å². The molecule has 1 aliphatic heterocycles. The zero-order valence-corrected chi connectivity index (χ0v) is 23.8. The van der Waals surface area contributed by atoms with Crippen molar-refractivity contribution in [2.45, 2.75) is 81.3 Å². The summed E-state index contributed by atoms with van der Waals surface area (Å²) in [5, 5.41) is 2.63. The number of ether oxygens (including phenoxy) is 6. The Morgan fingerprint density at radius 3 is 2.08 bits per heavy atom. The van der Waals surface area contributed by atoms with Gasteiger partial charge in [-0.25, -0.2) is 4.79 Å². The maximum atomic E-state index is 13.3. The van der Waals surface area contributed by atoms with Crippen molar-refractivity contribution in [1.82, 2.24) is 5.32 Å². The van der Waals surface area contributed by atoms with Crippen molar-refractivity contribution in [2.75, 3.05) is 13.7 Å². The highest BCUT2D eigenvalue weighted by atomic mass is 32.2. The largest absolute Gasteiger partial charge is 0.466 e. The maximum Gasteiger partial charge on any atom is 0.349 e. The van der Waals surface area contributed by atoms with Crippen LogP contribution in [0.15, 0.2) is 35.2 Å². The highest BCUT2D eigenvalue weighted by Gasteiger charge is 2.58. The minimum absolute atomic E-state index is 0.283. The van der Waals surface area contributed by atoms with E-state index in [4.69, 9.17) is 28.4 Å². The van der Waals surface area contributed by atoms with Crippen LogP contribution in [0.5, 0.6) is 0 Å². The fourth-order valence-corrected chi connectivity index (χ4v) is 5.43. The van der Waals surface area contributed by atoms with Gasteiger partial charge in [-0.05, 0) is 12.1 Å². The molecule has 0 aliphatic carbocycles. The Balaban J connectivity index is 2.76. The van der Waals surface area contributed by atoms with Gasteiger partial charge < -0.3 is 33.7 Å². The van der Waals surface area contributed by atoms with E-state index in [2.05, 4.69) is 5.32 Å². The summed E-state index contributed by atoms with van der Waals surface area (Å²) < 4.78 is 32.9. The number of benzene rings is 1. The predicted octanol–water partition coefficient (Wildman–Crippen LogP) is 1.30. The second kappa shape index (κ2) is 14.7. The Labute approximate surface area is 235 Å². The van der Waals surface area contributed by atoms with E-state index in [0.717, 1.165) is 46.6 Å². The average molecular weight is 584 g/mol. The van der Waals surface area contributed by atoms with E-state index in [0.29, 0.717) is 4.90 Å². The zero-order valence-electron chi connectivity index (χ0n) is 23.0. The molecule has 40 heavy (non-hydrogen) atoms. The van der Waals surface area contributed by atoms with Crippen LogP contribution in [0.3, 0.4) is 0 Å². The van der Waals surface area contributed by atoms with E-state index >= 15 is 0 Å². The molecule has 1 aromatic carbocycles. The summed E-state index contributed by atoms with van der Waals surface area (Å²) in [7, 11) is 1.14. The van der Waals surface area contributed by atoms with E-state index in [1.54, 1.807) is 30.3 Å². The SMILES string of the molecule is COC(=O)[C@@]1(Sc2ccccc2)C[C@H](OC(C)=O)[C@@H](NC(C)=O)[C@H]([C@@H](OC(C)=O)[C@@H](COC(C)=O)OC(C)=O)O1. The Hall–Kier alpha value is -3.65. The number of hydrogen-bond donors (Lipinski definition) is 1. The normalized spacial score (nSPS) is 23.5. The first-order valence-electron chi connectivity index (χ1n) is 12.2. The lowest BCUT2D eigenvalue weighted by molar-refractivity contribution is -0.224. The van der Waals surface area contributed by atoms with Gasteiger partial charge in [0.05, 0.1) is 13.2 Å². The van der Waals surface area contributed by atoms with Crippen molar-refractivity contribution in [1.29, 1.82) is 0 Å². The van der Waals surface area contributed by atoms with Gasteiger partial charge in [-0.1, -0.05) is 30.0 Å². The van der Waals surface area contributed by atoms with Gasteiger partial charge in [-0.2, -0.15) is 0 Å². The van der Waals surface area contributed by atoms with Crippen LogP contribution in [0.2, 0.25) is 0 Å². The van der Waals surface area contributed by atoms with E-state index < -0.39 is 77.8 Å². The smallest absolute Gasteiger partial charge is 0.349 e. The minimum atomic E-state index is -1.89. The van der Waals surface area contributed by atoms with Gasteiger partial charge in [0.15, 0.2) is 12.2 Å². The molecule has 1 heterocycles. The van der Waals surface area contributed by atoms with Crippen molar-refractivity contribution >= 4 is 47.5 Å². The molecule has 14 heteroatoms. The number of hydrogen-bond acceptors (Lipinski definition) is 13. The lowest BCUT2D eigenvalue weighted by Crippen LogP contribution is -2.68. The van der Waals surface area contributed by atoms with Crippen LogP contribution in [0, 0.1) is 0 Å². The molecule has 13 nitrogen and oxygen atoms in total. The van der Waals surface area contributed by atoms with Gasteiger partial charge >= 0.3 is 29.8 Å². The highest BCUT2D eigenvalue weighted by Crippen LogP contribution is 2.45. The Bertz CT molecular complexity index is 1100. The molecule has 0 spiro atoms. The minimum Gasteiger partial charge on any atom is -0.466 e. The van der Waals surface area contributed by atoms with E-state index in [9.17, 15) is 28.8 Å². The van der Waals surface area contributed by atoms with Crippen molar-refractivity contribution < 1.29 is 57.2 Å². The van der Waals surface area contributed by atoms with E-state index in [1.165, 1.54) is 6.92 Å². The molecular formula is C26H33NO12S. The summed E-state index contributed by atoms with van der Waals surface area (Å²) in [5.41, 5.74) is 0. The molecule has 1 aliphatic rings. The van der Waals surface area contributed by atoms with Crippen LogP contribution in [-0.2, 0) is 57.2 Å². The third-order valence-electron chi connectivity index (χ3n) is 5.52. The quantitative estimate of drug-likeness (QED) is 0.292. The first-order valence-corrected chi connectivity index (χ1v) is 13.0. The van der Waals surface area contributed by atoms with E-state index in [1.807, 2.05) is 0 Å². The maximum absolute atomic E-state index is 13.3. The zero-order chi connectivity index (χ0) is 30.0. The van der Waals surface area contributed by atoms with Crippen LogP contribution in [0.1, 0.15) is 41.0 Å². The van der Waals surface area contributed by atoms with Crippen molar-refractivity contribution in [3.63, 3.8) is 0 Å². The molecule has 0 radical (unpaired) electrons. The third-order valence-corrected chi connectivity index (χ3v) is 6.79. The summed E-state index contributed by atoms with van der Waals surface area (Å²) in [6.45, 7) is 5.07. The average Bonchev–Trinajstić information content (AvgIpc) is 2.85. The molecule has 0 aromatic heterocycles. The van der Waals surface area contributed by atoms with E-state index in [-0.39, 0.29) is 6.42 Å². The monoisotopic (exact) mass is 583 g/mol. The molecule has 1 fully saturated rings. The molecule has 0 bridgehead atoms. The number of amides is 1. The number of thioether (sulfide) groups is 1. The molecule has 6 atom stereocenters. The summed E-state index contributed by atoms with van der Waals surface area (Å²) in [6.07, 6.45) is -5.98. The number of methoxy groups -OCH3 is 1. The number of carbonyl (C=O) groups is 6. The summed E-state index contributed by atoms with van der Waals surface area (Å²) in [4.78, 5) is 72.3. The molecule has 1 saturated heterocycles. The first kappa shape index (κ1) is 32.6. The molecular weight excluding hydrogens is 550 g/mol. The Kier molecular flexibility index (Phi) is 11.9. The topological polar surface area (TPSA) is 170 Å². The van der Waals surface area contributed by atoms with Crippen LogP contribution in [0.4, 0.5) is 0 Å². The second-order valence-corrected chi connectivity index (χ2v) is 10.2. The molecule has 1 aromatic rings. The molecule has 1 N–H and O–H groups in total. The summed E-state index contributed by atoms with van der Waals surface area (Å²) in [5.74, 6) is -4.54. The van der Waals surface area contributed by atoms with Gasteiger partial charge in [0.1, 0.15) is 18.8 Å². The van der Waals surface area contributed by atoms with Gasteiger partial charge in [0, 0.05) is 45.9 Å². The predicted molar refractivity (Wildman–Crippen MR) is 137 cm³/mol. The fraction of sp³-hybridized carbons (Fsp3) is 0.538. The Morgan fingerprint density at radius 1 is 0.950 bits per heavy atom. The first-order chi connectivity index (χ1) is 18.8. The van der Waals surface area contributed by atoms with Crippen molar-refractivity contribution in [3.05, 3.63) is 30.3 Å². The lowest BCUT2D eigenvalue weighted by atomic mass is 9.89. The molecule has 0 saturated carbocycles. The number of carbonyl (C=O) groups excluding carboxylic acids is 6. The highest BCUT2D eigenvalue weighted by molar-refractivity contribution is 8.01. The standard InChI is InChI=1S/C26H33NO12S/c1-14(28)27-22-20(36-16(3)30)12-26(25(33)34-6,40-19-10-8-7-9-11-19)39-24(22)23(38-18(5)32)21(37-17(4)31)13-35-15(2)29/h7-11,20-24H,12-13H2,1-6H3,(H,27,28)/t20-,21+,22+,23-,24+,26-/m0/s1. The lowest BCUT2D eigenvalue weighted by Gasteiger charge is -2.48. The van der Waals surface area contributed by atoms with Gasteiger partial charge in [-0.3, -0.25) is 24.0 Å². The molecule has 220 valence electrons. The number of rotatable bonds is 11. The Morgan fingerprint density at radius 2 is 1.57 bits per heavy atom. The second-order valence-electron chi connectivity index (χ2n) is 8.84. The van der Waals surface area contributed by atoms with Gasteiger partial charge in [0.2, 0.25) is 10.8 Å². The van der Waals surface area contributed by atoms with Crippen LogP contribution in [-0.4, -0.2) is 84.9 Å². The molecule has 0 unspecified atom stereocenters. The van der Waals surface area contributed by atoms with Gasteiger partial charge in [0.25, 0.3) is 0 Å². The number of esters is 5. The third kappa shape index (κ3) is 9.23. The van der Waals surface area contributed by atoms with Gasteiger partial charge in [-0.15, -0.1) is 0 Å². The summed E-state index contributed by atoms with van der Waals surface area (Å²) >= 11 is 0.946. The van der Waals surface area contributed by atoms with Crippen molar-refractivity contribution in [3.8, 4) is 0 Å².